The number of nitrogens with two attached hydrogens (primary N) is 1. The number of likely N-dealkylation sites (tertiary alicyclic amines) is 1. The van der Waals surface area contributed by atoms with E-state index in [0.717, 1.165) is 4.88 Å². The highest BCUT2D eigenvalue weighted by Crippen LogP contribution is 2.30. The topological polar surface area (TPSA) is 83.6 Å². The first-order valence-electron chi connectivity index (χ1n) is 6.24. The van der Waals surface area contributed by atoms with Crippen molar-refractivity contribution in [3.05, 3.63) is 21.9 Å². The van der Waals surface area contributed by atoms with Gasteiger partial charge in [-0.3, -0.25) is 9.59 Å². The molecule has 2 amide bonds. The highest BCUT2D eigenvalue weighted by Gasteiger charge is 2.40. The number of aliphatic hydroxyl groups is 1. The second kappa shape index (κ2) is 5.65. The maximum Gasteiger partial charge on any atom is 0.254 e. The first kappa shape index (κ1) is 14.6. The second-order valence-electron chi connectivity index (χ2n) is 5.06. The van der Waals surface area contributed by atoms with Crippen molar-refractivity contribution in [1.82, 2.24) is 4.90 Å². The van der Waals surface area contributed by atoms with E-state index in [9.17, 15) is 9.59 Å². The predicted octanol–water partition coefficient (Wildman–Crippen LogP) is 0.429. The van der Waals surface area contributed by atoms with Gasteiger partial charge in [-0.05, 0) is 19.4 Å². The van der Waals surface area contributed by atoms with E-state index in [1.807, 2.05) is 0 Å². The Balaban J connectivity index is 2.09. The van der Waals surface area contributed by atoms with Crippen molar-refractivity contribution in [3.63, 3.8) is 0 Å². The lowest BCUT2D eigenvalue weighted by Crippen LogP contribution is -2.38. The van der Waals surface area contributed by atoms with E-state index in [1.54, 1.807) is 23.3 Å². The normalized spacial score (nSPS) is 21.4. The molecule has 5 nitrogen and oxygen atoms in total. The van der Waals surface area contributed by atoms with Crippen LogP contribution in [0.2, 0.25) is 0 Å². The highest BCUT2D eigenvalue weighted by molar-refractivity contribution is 7.10. The Morgan fingerprint density at radius 2 is 2.35 bits per heavy atom. The zero-order valence-corrected chi connectivity index (χ0v) is 12.0. The fraction of sp³-hybridized carbons (Fsp3) is 0.429. The van der Waals surface area contributed by atoms with Crippen molar-refractivity contribution < 1.29 is 14.7 Å². The molecule has 6 heteroatoms. The lowest BCUT2D eigenvalue weighted by atomic mass is 9.89. The van der Waals surface area contributed by atoms with E-state index in [4.69, 9.17) is 10.8 Å². The van der Waals surface area contributed by atoms with Gasteiger partial charge in [0, 0.05) is 18.5 Å². The third-order valence-electron chi connectivity index (χ3n) is 3.49. The lowest BCUT2D eigenvalue weighted by molar-refractivity contribution is -0.126. The molecule has 1 aliphatic heterocycles. The molecule has 1 saturated heterocycles. The second-order valence-corrected chi connectivity index (χ2v) is 5.97. The first-order valence-corrected chi connectivity index (χ1v) is 7.12. The van der Waals surface area contributed by atoms with Gasteiger partial charge < -0.3 is 15.7 Å². The number of carbonyl (C=O) groups excluding carboxylic acids is 2. The molecule has 1 unspecified atom stereocenters. The van der Waals surface area contributed by atoms with E-state index in [1.165, 1.54) is 11.3 Å². The van der Waals surface area contributed by atoms with Crippen LogP contribution >= 0.6 is 11.3 Å². The summed E-state index contributed by atoms with van der Waals surface area (Å²) in [6, 6.07) is 1.70. The SMILES string of the molecule is CC1(C(N)=O)CCN(C(=O)c2csc(C#CCO)c2)C1. The number of primary amides is 1. The Hall–Kier alpha value is -1.84. The number of amides is 2. The molecular formula is C14H16N2O3S. The molecule has 106 valence electrons. The fourth-order valence-corrected chi connectivity index (χ4v) is 2.91. The van der Waals surface area contributed by atoms with Gasteiger partial charge in [0.2, 0.25) is 5.91 Å². The monoisotopic (exact) mass is 292 g/mol. The van der Waals surface area contributed by atoms with Crippen molar-refractivity contribution in [1.29, 1.82) is 0 Å². The average molecular weight is 292 g/mol. The summed E-state index contributed by atoms with van der Waals surface area (Å²) in [6.45, 7) is 2.47. The summed E-state index contributed by atoms with van der Waals surface area (Å²) in [5, 5.41) is 10.4. The van der Waals surface area contributed by atoms with Crippen molar-refractivity contribution in [2.24, 2.45) is 11.1 Å². The molecule has 2 heterocycles. The minimum absolute atomic E-state index is 0.108. The van der Waals surface area contributed by atoms with E-state index in [-0.39, 0.29) is 18.4 Å². The minimum Gasteiger partial charge on any atom is -0.384 e. The minimum atomic E-state index is -0.634. The third-order valence-corrected chi connectivity index (χ3v) is 4.34. The summed E-state index contributed by atoms with van der Waals surface area (Å²) in [4.78, 5) is 26.1. The molecule has 1 aliphatic rings. The van der Waals surface area contributed by atoms with Crippen LogP contribution in [0.15, 0.2) is 11.4 Å². The molecule has 1 atom stereocenters. The molecule has 20 heavy (non-hydrogen) atoms. The number of hydrogen-bond acceptors (Lipinski definition) is 4. The number of hydrogen-bond donors (Lipinski definition) is 2. The van der Waals surface area contributed by atoms with Crippen LogP contribution in [0.5, 0.6) is 0 Å². The van der Waals surface area contributed by atoms with Crippen LogP contribution in [0.1, 0.15) is 28.6 Å². The highest BCUT2D eigenvalue weighted by atomic mass is 32.1. The quantitative estimate of drug-likeness (QED) is 0.775. The molecule has 3 N–H and O–H groups in total. The third kappa shape index (κ3) is 2.84. The Bertz CT molecular complexity index is 599. The van der Waals surface area contributed by atoms with Gasteiger partial charge in [0.1, 0.15) is 6.61 Å². The number of aliphatic hydroxyl groups excluding tert-OH is 1. The van der Waals surface area contributed by atoms with Gasteiger partial charge in [-0.2, -0.15) is 0 Å². The molecule has 1 aromatic rings. The molecular weight excluding hydrogens is 276 g/mol. The Morgan fingerprint density at radius 1 is 1.60 bits per heavy atom. The van der Waals surface area contributed by atoms with Crippen molar-refractivity contribution in [2.75, 3.05) is 19.7 Å². The van der Waals surface area contributed by atoms with Gasteiger partial charge in [0.25, 0.3) is 5.91 Å². The summed E-state index contributed by atoms with van der Waals surface area (Å²) >= 11 is 1.36. The zero-order valence-electron chi connectivity index (χ0n) is 11.2. The molecule has 0 bridgehead atoms. The van der Waals surface area contributed by atoms with Crippen LogP contribution in [0.4, 0.5) is 0 Å². The van der Waals surface area contributed by atoms with Crippen molar-refractivity contribution in [3.8, 4) is 11.8 Å². The standard InChI is InChI=1S/C14H16N2O3S/c1-14(13(15)19)4-5-16(9-14)12(18)10-7-11(20-8-10)3-2-6-17/h7-8,17H,4-6,9H2,1H3,(H2,15,19). The summed E-state index contributed by atoms with van der Waals surface area (Å²) in [5.41, 5.74) is 5.30. The van der Waals surface area contributed by atoms with Crippen LogP contribution in [-0.4, -0.2) is 41.5 Å². The molecule has 0 spiro atoms. The van der Waals surface area contributed by atoms with Gasteiger partial charge in [-0.15, -0.1) is 11.3 Å². The molecule has 0 radical (unpaired) electrons. The van der Waals surface area contributed by atoms with Gasteiger partial charge in [-0.25, -0.2) is 0 Å². The van der Waals surface area contributed by atoms with Gasteiger partial charge in [-0.1, -0.05) is 11.8 Å². The number of thiophene rings is 1. The Labute approximate surface area is 121 Å². The van der Waals surface area contributed by atoms with Crippen LogP contribution in [0.3, 0.4) is 0 Å². The van der Waals surface area contributed by atoms with E-state index in [2.05, 4.69) is 11.8 Å². The zero-order chi connectivity index (χ0) is 14.8. The van der Waals surface area contributed by atoms with E-state index >= 15 is 0 Å². The summed E-state index contributed by atoms with van der Waals surface area (Å²) in [7, 11) is 0. The lowest BCUT2D eigenvalue weighted by Gasteiger charge is -2.20. The first-order chi connectivity index (χ1) is 9.46. The summed E-state index contributed by atoms with van der Waals surface area (Å²) in [6.07, 6.45) is 0.593. The van der Waals surface area contributed by atoms with E-state index in [0.29, 0.717) is 25.1 Å². The molecule has 0 aromatic carbocycles. The fourth-order valence-electron chi connectivity index (χ4n) is 2.16. The Morgan fingerprint density at radius 3 is 2.95 bits per heavy atom. The summed E-state index contributed by atoms with van der Waals surface area (Å²) in [5.74, 6) is 4.84. The molecule has 2 rings (SSSR count). The predicted molar refractivity (Wildman–Crippen MR) is 76.1 cm³/mol. The van der Waals surface area contributed by atoms with Crippen LogP contribution in [0, 0.1) is 17.3 Å². The molecule has 0 saturated carbocycles. The van der Waals surface area contributed by atoms with Crippen LogP contribution in [0.25, 0.3) is 0 Å². The van der Waals surface area contributed by atoms with Gasteiger partial charge in [0.15, 0.2) is 0 Å². The summed E-state index contributed by atoms with van der Waals surface area (Å²) < 4.78 is 0. The van der Waals surface area contributed by atoms with Crippen molar-refractivity contribution in [2.45, 2.75) is 13.3 Å². The van der Waals surface area contributed by atoms with Crippen molar-refractivity contribution >= 4 is 23.2 Å². The van der Waals surface area contributed by atoms with E-state index < -0.39 is 5.41 Å². The van der Waals surface area contributed by atoms with Crippen LogP contribution in [-0.2, 0) is 4.79 Å². The van der Waals surface area contributed by atoms with Crippen LogP contribution < -0.4 is 5.73 Å². The average Bonchev–Trinajstić information content (AvgIpc) is 3.03. The molecule has 1 fully saturated rings. The number of nitrogens with zero attached hydrogens (tertiary/aromatic N) is 1. The largest absolute Gasteiger partial charge is 0.384 e. The maximum atomic E-state index is 12.3. The smallest absolute Gasteiger partial charge is 0.254 e. The van der Waals surface area contributed by atoms with Gasteiger partial charge in [0.05, 0.1) is 15.9 Å². The Kier molecular flexibility index (Phi) is 4.12. The molecule has 0 aliphatic carbocycles. The molecule has 1 aromatic heterocycles. The maximum absolute atomic E-state index is 12.3. The van der Waals surface area contributed by atoms with Gasteiger partial charge >= 0.3 is 0 Å². The number of carbonyl (C=O) groups is 2. The number of rotatable bonds is 2.